The van der Waals surface area contributed by atoms with Crippen LogP contribution in [-0.4, -0.2) is 47.0 Å². The van der Waals surface area contributed by atoms with Crippen LogP contribution in [0.4, 0.5) is 0 Å². The number of hydrogen-bond acceptors (Lipinski definition) is 4. The molecule has 2 saturated heterocycles. The molecule has 2 fully saturated rings. The topological polar surface area (TPSA) is 57.3 Å². The van der Waals surface area contributed by atoms with E-state index in [1.165, 1.54) is 6.42 Å². The second-order valence-electron chi connectivity index (χ2n) is 7.62. The van der Waals surface area contributed by atoms with E-state index >= 15 is 0 Å². The number of hydrogen-bond donors (Lipinski definition) is 2. The number of amides is 1. The third-order valence-corrected chi connectivity index (χ3v) is 5.54. The maximum absolute atomic E-state index is 12.7. The lowest BCUT2D eigenvalue weighted by atomic mass is 9.88. The van der Waals surface area contributed by atoms with Gasteiger partial charge in [0.05, 0.1) is 11.2 Å². The SMILES string of the molecule is C[C@@H]1CN(Cc2ccccn2)CC[C@@H]1NC(=O)[C@]1(C)CCCCN1. The number of pyridine rings is 1. The number of rotatable bonds is 4. The summed E-state index contributed by atoms with van der Waals surface area (Å²) in [7, 11) is 0. The highest BCUT2D eigenvalue weighted by Crippen LogP contribution is 2.22. The number of nitrogens with one attached hydrogen (secondary N) is 2. The molecule has 0 bridgehead atoms. The molecule has 24 heavy (non-hydrogen) atoms. The predicted octanol–water partition coefficient (Wildman–Crippen LogP) is 1.94. The molecule has 2 aliphatic rings. The molecule has 0 spiro atoms. The van der Waals surface area contributed by atoms with Crippen LogP contribution in [-0.2, 0) is 11.3 Å². The van der Waals surface area contributed by atoms with Crippen molar-refractivity contribution >= 4 is 5.91 Å². The first-order valence-corrected chi connectivity index (χ1v) is 9.25. The number of carbonyl (C=O) groups is 1. The number of likely N-dealkylation sites (tertiary alicyclic amines) is 1. The lowest BCUT2D eigenvalue weighted by Crippen LogP contribution is -2.60. The lowest BCUT2D eigenvalue weighted by molar-refractivity contribution is -0.129. The van der Waals surface area contributed by atoms with Crippen LogP contribution >= 0.6 is 0 Å². The van der Waals surface area contributed by atoms with E-state index in [0.717, 1.165) is 51.1 Å². The Morgan fingerprint density at radius 1 is 1.46 bits per heavy atom. The van der Waals surface area contributed by atoms with Crippen molar-refractivity contribution in [2.24, 2.45) is 5.92 Å². The zero-order valence-electron chi connectivity index (χ0n) is 14.9. The highest BCUT2D eigenvalue weighted by Gasteiger charge is 2.37. The Kier molecular flexibility index (Phi) is 5.51. The van der Waals surface area contributed by atoms with Crippen LogP contribution in [0.1, 0.15) is 45.2 Å². The summed E-state index contributed by atoms with van der Waals surface area (Å²) in [6, 6.07) is 6.34. The Hall–Kier alpha value is -1.46. The Morgan fingerprint density at radius 2 is 2.33 bits per heavy atom. The molecular formula is C19H30N4O. The second-order valence-corrected chi connectivity index (χ2v) is 7.62. The Labute approximate surface area is 145 Å². The third-order valence-electron chi connectivity index (χ3n) is 5.54. The summed E-state index contributed by atoms with van der Waals surface area (Å²) in [5, 5.41) is 6.73. The molecule has 2 aliphatic heterocycles. The summed E-state index contributed by atoms with van der Waals surface area (Å²) < 4.78 is 0. The molecule has 3 atom stereocenters. The van der Waals surface area contributed by atoms with Gasteiger partial charge in [-0.2, -0.15) is 0 Å². The van der Waals surface area contributed by atoms with Gasteiger partial charge in [0, 0.05) is 31.9 Å². The minimum atomic E-state index is -0.386. The zero-order chi connectivity index (χ0) is 17.0. The fraction of sp³-hybridized carbons (Fsp3) is 0.684. The molecule has 1 aromatic rings. The first-order valence-electron chi connectivity index (χ1n) is 9.25. The average Bonchev–Trinajstić information content (AvgIpc) is 2.59. The fourth-order valence-corrected chi connectivity index (χ4v) is 3.89. The van der Waals surface area contributed by atoms with Crippen molar-refractivity contribution in [2.45, 2.75) is 57.7 Å². The third kappa shape index (κ3) is 4.14. The molecule has 0 saturated carbocycles. The van der Waals surface area contributed by atoms with E-state index in [1.54, 1.807) is 0 Å². The lowest BCUT2D eigenvalue weighted by Gasteiger charge is -2.40. The summed E-state index contributed by atoms with van der Waals surface area (Å²) in [4.78, 5) is 19.6. The monoisotopic (exact) mass is 330 g/mol. The van der Waals surface area contributed by atoms with Crippen LogP contribution in [0.25, 0.3) is 0 Å². The van der Waals surface area contributed by atoms with E-state index < -0.39 is 0 Å². The molecule has 3 rings (SSSR count). The van der Waals surface area contributed by atoms with Gasteiger partial charge in [0.15, 0.2) is 0 Å². The maximum Gasteiger partial charge on any atom is 0.240 e. The normalized spacial score (nSPS) is 31.6. The van der Waals surface area contributed by atoms with E-state index in [4.69, 9.17) is 0 Å². The predicted molar refractivity (Wildman–Crippen MR) is 95.5 cm³/mol. The van der Waals surface area contributed by atoms with E-state index in [9.17, 15) is 4.79 Å². The summed E-state index contributed by atoms with van der Waals surface area (Å²) in [5.74, 6) is 0.635. The van der Waals surface area contributed by atoms with Crippen LogP contribution in [0, 0.1) is 5.92 Å². The van der Waals surface area contributed by atoms with E-state index in [1.807, 2.05) is 25.3 Å². The number of nitrogens with zero attached hydrogens (tertiary/aromatic N) is 2. The van der Waals surface area contributed by atoms with E-state index in [0.29, 0.717) is 5.92 Å². The molecule has 5 nitrogen and oxygen atoms in total. The summed E-state index contributed by atoms with van der Waals surface area (Å²) in [5.41, 5.74) is 0.731. The molecule has 0 radical (unpaired) electrons. The van der Waals surface area contributed by atoms with Crippen LogP contribution in [0.15, 0.2) is 24.4 Å². The number of piperidine rings is 2. The number of aromatic nitrogens is 1. The minimum Gasteiger partial charge on any atom is -0.351 e. The second kappa shape index (κ2) is 7.62. The highest BCUT2D eigenvalue weighted by molar-refractivity contribution is 5.86. The van der Waals surface area contributed by atoms with Crippen molar-refractivity contribution in [3.8, 4) is 0 Å². The quantitative estimate of drug-likeness (QED) is 0.886. The molecular weight excluding hydrogens is 300 g/mol. The molecule has 1 amide bonds. The highest BCUT2D eigenvalue weighted by atomic mass is 16.2. The first kappa shape index (κ1) is 17.4. The Bertz CT molecular complexity index is 542. The van der Waals surface area contributed by atoms with Crippen molar-refractivity contribution in [3.63, 3.8) is 0 Å². The van der Waals surface area contributed by atoms with Gasteiger partial charge in [-0.15, -0.1) is 0 Å². The van der Waals surface area contributed by atoms with Crippen molar-refractivity contribution in [2.75, 3.05) is 19.6 Å². The summed E-state index contributed by atoms with van der Waals surface area (Å²) in [6.07, 6.45) is 6.10. The molecule has 5 heteroatoms. The molecule has 0 aromatic carbocycles. The summed E-state index contributed by atoms with van der Waals surface area (Å²) >= 11 is 0. The zero-order valence-corrected chi connectivity index (χ0v) is 14.9. The van der Waals surface area contributed by atoms with Gasteiger partial charge in [0.25, 0.3) is 0 Å². The molecule has 132 valence electrons. The van der Waals surface area contributed by atoms with Crippen molar-refractivity contribution in [1.29, 1.82) is 0 Å². The van der Waals surface area contributed by atoms with Crippen LogP contribution in [0.3, 0.4) is 0 Å². The van der Waals surface area contributed by atoms with Gasteiger partial charge in [0.2, 0.25) is 5.91 Å². The summed E-state index contributed by atoms with van der Waals surface area (Å²) in [6.45, 7) is 8.14. The molecule has 3 heterocycles. The standard InChI is InChI=1S/C19H30N4O/c1-15-13-23(14-16-7-3-5-10-20-16)12-8-17(15)22-18(24)19(2)9-4-6-11-21-19/h3,5,7,10,15,17,21H,4,6,8-9,11-14H2,1-2H3,(H,22,24)/t15-,17+,19+/m1/s1. The van der Waals surface area contributed by atoms with Crippen molar-refractivity contribution in [3.05, 3.63) is 30.1 Å². The maximum atomic E-state index is 12.7. The van der Waals surface area contributed by atoms with Gasteiger partial charge in [-0.25, -0.2) is 0 Å². The Balaban J connectivity index is 1.51. The largest absolute Gasteiger partial charge is 0.351 e. The van der Waals surface area contributed by atoms with Gasteiger partial charge in [-0.05, 0) is 57.2 Å². The Morgan fingerprint density at radius 3 is 3.00 bits per heavy atom. The smallest absolute Gasteiger partial charge is 0.240 e. The van der Waals surface area contributed by atoms with Gasteiger partial charge < -0.3 is 10.6 Å². The molecule has 0 unspecified atom stereocenters. The van der Waals surface area contributed by atoms with Crippen LogP contribution < -0.4 is 10.6 Å². The van der Waals surface area contributed by atoms with Crippen molar-refractivity contribution in [1.82, 2.24) is 20.5 Å². The van der Waals surface area contributed by atoms with Crippen molar-refractivity contribution < 1.29 is 4.79 Å². The van der Waals surface area contributed by atoms with E-state index in [2.05, 4.69) is 33.5 Å². The molecule has 2 N–H and O–H groups in total. The van der Waals surface area contributed by atoms with Gasteiger partial charge in [-0.3, -0.25) is 14.7 Å². The number of carbonyl (C=O) groups excluding carboxylic acids is 1. The van der Waals surface area contributed by atoms with Crippen LogP contribution in [0.5, 0.6) is 0 Å². The van der Waals surface area contributed by atoms with Crippen LogP contribution in [0.2, 0.25) is 0 Å². The minimum absolute atomic E-state index is 0.178. The van der Waals surface area contributed by atoms with Gasteiger partial charge >= 0.3 is 0 Å². The molecule has 0 aliphatic carbocycles. The van der Waals surface area contributed by atoms with E-state index in [-0.39, 0.29) is 17.5 Å². The fourth-order valence-electron chi connectivity index (χ4n) is 3.89. The molecule has 1 aromatic heterocycles. The van der Waals surface area contributed by atoms with Gasteiger partial charge in [-0.1, -0.05) is 13.0 Å². The first-order chi connectivity index (χ1) is 11.6. The average molecular weight is 330 g/mol. The van der Waals surface area contributed by atoms with Gasteiger partial charge in [0.1, 0.15) is 0 Å².